The zero-order valence-electron chi connectivity index (χ0n) is 15.6. The Kier molecular flexibility index (Phi) is 6.87. The van der Waals surface area contributed by atoms with E-state index in [1.54, 1.807) is 43.5 Å². The van der Waals surface area contributed by atoms with Gasteiger partial charge in [-0.3, -0.25) is 0 Å². The molecular weight excluding hydrogens is 395 g/mol. The summed E-state index contributed by atoms with van der Waals surface area (Å²) in [6.07, 6.45) is 2.88. The van der Waals surface area contributed by atoms with Gasteiger partial charge in [-0.25, -0.2) is 9.18 Å². The van der Waals surface area contributed by atoms with Gasteiger partial charge in [0.25, 0.3) is 0 Å². The molecule has 0 aliphatic rings. The third kappa shape index (κ3) is 6.09. The predicted octanol–water partition coefficient (Wildman–Crippen LogP) is 5.69. The zero-order chi connectivity index (χ0) is 20.6. The number of methoxy groups -OCH3 is 1. The van der Waals surface area contributed by atoms with Crippen molar-refractivity contribution in [3.63, 3.8) is 0 Å². The molecule has 0 radical (unpaired) electrons. The van der Waals surface area contributed by atoms with Crippen molar-refractivity contribution in [1.82, 2.24) is 0 Å². The van der Waals surface area contributed by atoms with Gasteiger partial charge in [0.2, 0.25) is 0 Å². The average Bonchev–Trinajstić information content (AvgIpc) is 2.74. The van der Waals surface area contributed by atoms with Crippen molar-refractivity contribution in [2.45, 2.75) is 6.61 Å². The van der Waals surface area contributed by atoms with Crippen molar-refractivity contribution in [2.24, 2.45) is 0 Å². The lowest BCUT2D eigenvalue weighted by atomic mass is 10.2. The molecule has 0 amide bonds. The maximum absolute atomic E-state index is 12.9. The molecule has 148 valence electrons. The van der Waals surface area contributed by atoms with Crippen LogP contribution in [0, 0.1) is 5.82 Å². The number of carbonyl (C=O) groups is 1. The molecule has 0 spiro atoms. The van der Waals surface area contributed by atoms with Crippen molar-refractivity contribution in [2.75, 3.05) is 7.11 Å². The van der Waals surface area contributed by atoms with E-state index in [0.717, 1.165) is 11.1 Å². The van der Waals surface area contributed by atoms with E-state index in [0.29, 0.717) is 23.1 Å². The third-order valence-corrected chi connectivity index (χ3v) is 4.19. The summed E-state index contributed by atoms with van der Waals surface area (Å²) in [6.45, 7) is 0.368. The third-order valence-electron chi connectivity index (χ3n) is 3.94. The van der Waals surface area contributed by atoms with E-state index < -0.39 is 11.8 Å². The standard InChI is InChI=1S/C23H18ClFO4/c1-27-22-14-16(5-13-23(26)29-20-10-8-19(25)9-11-20)4-12-21(22)28-15-17-2-6-18(24)7-3-17/h2-14H,15H2,1H3/b13-5+. The van der Waals surface area contributed by atoms with Gasteiger partial charge in [-0.15, -0.1) is 0 Å². The number of benzene rings is 3. The summed E-state index contributed by atoms with van der Waals surface area (Å²) in [5.41, 5.74) is 1.71. The summed E-state index contributed by atoms with van der Waals surface area (Å²) in [6, 6.07) is 17.9. The van der Waals surface area contributed by atoms with Crippen molar-refractivity contribution in [3.8, 4) is 17.2 Å². The molecule has 0 aliphatic heterocycles. The molecule has 3 aromatic carbocycles. The highest BCUT2D eigenvalue weighted by Gasteiger charge is 2.06. The molecule has 29 heavy (non-hydrogen) atoms. The van der Waals surface area contributed by atoms with Gasteiger partial charge < -0.3 is 14.2 Å². The second-order valence-electron chi connectivity index (χ2n) is 6.03. The smallest absolute Gasteiger partial charge is 0.336 e. The molecule has 0 aromatic heterocycles. The highest BCUT2D eigenvalue weighted by atomic mass is 35.5. The minimum Gasteiger partial charge on any atom is -0.493 e. The molecule has 3 aromatic rings. The number of carbonyl (C=O) groups excluding carboxylic acids is 1. The Bertz CT molecular complexity index is 998. The van der Waals surface area contributed by atoms with Crippen LogP contribution in [0.3, 0.4) is 0 Å². The quantitative estimate of drug-likeness (QED) is 0.284. The van der Waals surface area contributed by atoms with Crippen LogP contribution < -0.4 is 14.2 Å². The topological polar surface area (TPSA) is 44.8 Å². The SMILES string of the molecule is COc1cc(/C=C/C(=O)Oc2ccc(F)cc2)ccc1OCc1ccc(Cl)cc1. The normalized spacial score (nSPS) is 10.7. The van der Waals surface area contributed by atoms with Gasteiger partial charge in [-0.1, -0.05) is 29.8 Å². The summed E-state index contributed by atoms with van der Waals surface area (Å²) in [4.78, 5) is 11.9. The molecule has 4 nitrogen and oxygen atoms in total. The Morgan fingerprint density at radius 2 is 1.72 bits per heavy atom. The van der Waals surface area contributed by atoms with E-state index >= 15 is 0 Å². The van der Waals surface area contributed by atoms with E-state index in [4.69, 9.17) is 25.8 Å². The molecule has 0 aliphatic carbocycles. The lowest BCUT2D eigenvalue weighted by Gasteiger charge is -2.11. The lowest BCUT2D eigenvalue weighted by Crippen LogP contribution is -2.03. The zero-order valence-corrected chi connectivity index (χ0v) is 16.4. The second kappa shape index (κ2) is 9.75. The number of halogens is 2. The molecule has 0 bridgehead atoms. The summed E-state index contributed by atoms with van der Waals surface area (Å²) in [5, 5.41) is 0.667. The van der Waals surface area contributed by atoms with Gasteiger partial charge in [0, 0.05) is 11.1 Å². The predicted molar refractivity (Wildman–Crippen MR) is 110 cm³/mol. The molecule has 6 heteroatoms. The van der Waals surface area contributed by atoms with Gasteiger partial charge in [-0.2, -0.15) is 0 Å². The van der Waals surface area contributed by atoms with Crippen LogP contribution in [-0.2, 0) is 11.4 Å². The number of rotatable bonds is 7. The van der Waals surface area contributed by atoms with Gasteiger partial charge in [0.05, 0.1) is 7.11 Å². The van der Waals surface area contributed by atoms with Crippen LogP contribution in [0.4, 0.5) is 4.39 Å². The van der Waals surface area contributed by atoms with Crippen LogP contribution in [0.1, 0.15) is 11.1 Å². The van der Waals surface area contributed by atoms with E-state index in [1.165, 1.54) is 30.3 Å². The Balaban J connectivity index is 1.62. The van der Waals surface area contributed by atoms with Crippen LogP contribution in [0.25, 0.3) is 6.08 Å². The molecule has 0 saturated heterocycles. The molecule has 0 fully saturated rings. The number of hydrogen-bond donors (Lipinski definition) is 0. The largest absolute Gasteiger partial charge is 0.493 e. The molecule has 0 saturated carbocycles. The maximum Gasteiger partial charge on any atom is 0.336 e. The Morgan fingerprint density at radius 3 is 2.41 bits per heavy atom. The first kappa shape index (κ1) is 20.4. The number of hydrogen-bond acceptors (Lipinski definition) is 4. The Labute approximate surface area is 173 Å². The van der Waals surface area contributed by atoms with Crippen LogP contribution in [-0.4, -0.2) is 13.1 Å². The van der Waals surface area contributed by atoms with E-state index in [-0.39, 0.29) is 5.75 Å². The van der Waals surface area contributed by atoms with Crippen molar-refractivity contribution >= 4 is 23.6 Å². The van der Waals surface area contributed by atoms with Crippen molar-refractivity contribution in [1.29, 1.82) is 0 Å². The lowest BCUT2D eigenvalue weighted by molar-refractivity contribution is -0.128. The first-order valence-electron chi connectivity index (χ1n) is 8.74. The van der Waals surface area contributed by atoms with Crippen LogP contribution in [0.5, 0.6) is 17.2 Å². The highest BCUT2D eigenvalue weighted by molar-refractivity contribution is 6.30. The molecular formula is C23H18ClFO4. The Hall–Kier alpha value is -3.31. The summed E-state index contributed by atoms with van der Waals surface area (Å²) in [7, 11) is 1.54. The fourth-order valence-corrected chi connectivity index (χ4v) is 2.59. The maximum atomic E-state index is 12.9. The highest BCUT2D eigenvalue weighted by Crippen LogP contribution is 2.29. The number of ether oxygens (including phenoxy) is 3. The molecule has 3 rings (SSSR count). The van der Waals surface area contributed by atoms with Crippen LogP contribution >= 0.6 is 11.6 Å². The van der Waals surface area contributed by atoms with Gasteiger partial charge >= 0.3 is 5.97 Å². The molecule has 0 unspecified atom stereocenters. The van der Waals surface area contributed by atoms with Gasteiger partial charge in [0.15, 0.2) is 11.5 Å². The summed E-state index contributed by atoms with van der Waals surface area (Å²) < 4.78 is 29.2. The molecule has 0 heterocycles. The monoisotopic (exact) mass is 412 g/mol. The van der Waals surface area contributed by atoms with Crippen molar-refractivity contribution < 1.29 is 23.4 Å². The van der Waals surface area contributed by atoms with Crippen LogP contribution in [0.15, 0.2) is 72.8 Å². The van der Waals surface area contributed by atoms with E-state index in [9.17, 15) is 9.18 Å². The molecule has 0 atom stereocenters. The summed E-state index contributed by atoms with van der Waals surface area (Å²) in [5.74, 6) is 0.413. The van der Waals surface area contributed by atoms with Crippen LogP contribution in [0.2, 0.25) is 5.02 Å². The summed E-state index contributed by atoms with van der Waals surface area (Å²) >= 11 is 5.88. The first-order chi connectivity index (χ1) is 14.0. The van der Waals surface area contributed by atoms with Crippen molar-refractivity contribution in [3.05, 3.63) is 94.8 Å². The molecule has 0 N–H and O–H groups in total. The number of esters is 1. The minimum absolute atomic E-state index is 0.268. The Morgan fingerprint density at radius 1 is 1.00 bits per heavy atom. The second-order valence-corrected chi connectivity index (χ2v) is 6.47. The van der Waals surface area contributed by atoms with Gasteiger partial charge in [-0.05, 0) is 65.7 Å². The average molecular weight is 413 g/mol. The minimum atomic E-state index is -0.571. The van der Waals surface area contributed by atoms with E-state index in [1.807, 2.05) is 12.1 Å². The van der Waals surface area contributed by atoms with Gasteiger partial charge in [0.1, 0.15) is 18.2 Å². The fourth-order valence-electron chi connectivity index (χ4n) is 2.47. The fraction of sp³-hybridized carbons (Fsp3) is 0.0870. The van der Waals surface area contributed by atoms with E-state index in [2.05, 4.69) is 0 Å². The first-order valence-corrected chi connectivity index (χ1v) is 9.12.